The highest BCUT2D eigenvalue weighted by molar-refractivity contribution is 7.45. The van der Waals surface area contributed by atoms with Gasteiger partial charge < -0.3 is 28.8 Å². The quantitative estimate of drug-likeness (QED) is 0.0273. The Balaban J connectivity index is 3.97. The third kappa shape index (κ3) is 48.6. The number of phosphoric ester groups is 1. The van der Waals surface area contributed by atoms with Crippen molar-refractivity contribution in [3.63, 3.8) is 0 Å². The lowest BCUT2D eigenvalue weighted by Crippen LogP contribution is -2.45. The van der Waals surface area contributed by atoms with E-state index in [0.29, 0.717) is 17.4 Å². The molecule has 8 nitrogen and oxygen atoms in total. The van der Waals surface area contributed by atoms with Crippen molar-refractivity contribution < 1.29 is 32.9 Å². The smallest absolute Gasteiger partial charge is 0.268 e. The first-order valence-electron chi connectivity index (χ1n) is 25.5. The van der Waals surface area contributed by atoms with E-state index in [1.165, 1.54) is 25.7 Å². The first kappa shape index (κ1) is 62.6. The molecule has 0 aliphatic carbocycles. The first-order valence-corrected chi connectivity index (χ1v) is 27.0. The summed E-state index contributed by atoms with van der Waals surface area (Å²) in [4.78, 5) is 25.1. The first-order chi connectivity index (χ1) is 32.0. The summed E-state index contributed by atoms with van der Waals surface area (Å²) in [7, 11) is 1.23. The number of allylic oxidation sites excluding steroid dienone is 21. The summed E-state index contributed by atoms with van der Waals surface area (Å²) in [6, 6.07) is -0.896. The van der Waals surface area contributed by atoms with Gasteiger partial charge in [0.05, 0.1) is 39.9 Å². The number of carbonyl (C=O) groups is 1. The van der Waals surface area contributed by atoms with E-state index in [4.69, 9.17) is 9.05 Å². The third-order valence-corrected chi connectivity index (χ3v) is 11.3. The summed E-state index contributed by atoms with van der Waals surface area (Å²) in [6.45, 7) is 4.37. The predicted molar refractivity (Wildman–Crippen MR) is 283 cm³/mol. The number of rotatable bonds is 44. The number of aliphatic hydroxyl groups excluding tert-OH is 1. The van der Waals surface area contributed by atoms with E-state index in [1.807, 2.05) is 27.2 Å². The molecule has 2 N–H and O–H groups in total. The zero-order valence-corrected chi connectivity index (χ0v) is 43.2. The Morgan fingerprint density at radius 3 is 1.35 bits per heavy atom. The van der Waals surface area contributed by atoms with Crippen LogP contribution in [-0.4, -0.2) is 68.5 Å². The van der Waals surface area contributed by atoms with Crippen LogP contribution in [0.2, 0.25) is 0 Å². The number of phosphoric acid groups is 1. The number of unbranched alkanes of at least 4 members (excludes halogenated alkanes) is 11. The van der Waals surface area contributed by atoms with Crippen LogP contribution < -0.4 is 10.2 Å². The molecule has 3 unspecified atom stereocenters. The molecule has 0 saturated heterocycles. The SMILES string of the molecule is CC/C=C\C/C=C\C/C=C\C/C=C\C/C=C\C/C=C\C/C=C\C/C=C\C/C=C\C/C=C\CCCCCCCCCCC(=O)NC(COP(=O)([O-])OCC[N+](C)(C)C)C(O)/C=C/CCCCC. The van der Waals surface area contributed by atoms with Gasteiger partial charge in [-0.1, -0.05) is 199 Å². The lowest BCUT2D eigenvalue weighted by Gasteiger charge is -2.29. The maximum atomic E-state index is 12.8. The van der Waals surface area contributed by atoms with E-state index in [2.05, 4.69) is 141 Å². The Bertz CT molecular complexity index is 1530. The predicted octanol–water partition coefficient (Wildman–Crippen LogP) is 14.6. The van der Waals surface area contributed by atoms with Crippen molar-refractivity contribution in [2.24, 2.45) is 0 Å². The van der Waals surface area contributed by atoms with E-state index in [-0.39, 0.29) is 12.5 Å². The van der Waals surface area contributed by atoms with E-state index >= 15 is 0 Å². The largest absolute Gasteiger partial charge is 0.756 e. The number of nitrogens with zero attached hydrogens (tertiary/aromatic N) is 1. The minimum Gasteiger partial charge on any atom is -0.756 e. The summed E-state index contributed by atoms with van der Waals surface area (Å²) in [5.41, 5.74) is 0. The Hall–Kier alpha value is -3.36. The Morgan fingerprint density at radius 1 is 0.545 bits per heavy atom. The number of likely N-dealkylation sites (N-methyl/N-ethyl adjacent to an activating group) is 1. The van der Waals surface area contributed by atoms with Gasteiger partial charge in [0.1, 0.15) is 13.2 Å². The van der Waals surface area contributed by atoms with Gasteiger partial charge in [0.2, 0.25) is 5.91 Å². The molecule has 374 valence electrons. The van der Waals surface area contributed by atoms with Crippen LogP contribution in [0.3, 0.4) is 0 Å². The Kier molecular flexibility index (Phi) is 44.4. The number of amides is 1. The third-order valence-electron chi connectivity index (χ3n) is 10.4. The molecular weight excluding hydrogens is 840 g/mol. The van der Waals surface area contributed by atoms with Gasteiger partial charge in [-0.2, -0.15) is 0 Å². The van der Waals surface area contributed by atoms with Crippen LogP contribution in [-0.2, 0) is 18.4 Å². The van der Waals surface area contributed by atoms with Gasteiger partial charge in [-0.05, 0) is 96.3 Å². The summed E-state index contributed by atoms with van der Waals surface area (Å²) in [5.74, 6) is -0.221. The van der Waals surface area contributed by atoms with E-state index in [9.17, 15) is 19.4 Å². The molecule has 0 saturated carbocycles. The van der Waals surface area contributed by atoms with E-state index in [0.717, 1.165) is 122 Å². The number of hydrogen-bond donors (Lipinski definition) is 2. The molecule has 0 fully saturated rings. The number of aliphatic hydroxyl groups is 1. The molecule has 3 atom stereocenters. The lowest BCUT2D eigenvalue weighted by molar-refractivity contribution is -0.870. The van der Waals surface area contributed by atoms with Crippen molar-refractivity contribution in [2.45, 2.75) is 180 Å². The summed E-state index contributed by atoms with van der Waals surface area (Å²) >= 11 is 0. The zero-order valence-electron chi connectivity index (χ0n) is 42.3. The van der Waals surface area contributed by atoms with Crippen LogP contribution in [0.25, 0.3) is 0 Å². The molecule has 0 radical (unpaired) electrons. The van der Waals surface area contributed by atoms with E-state index < -0.39 is 26.6 Å². The Labute approximate surface area is 405 Å². The van der Waals surface area contributed by atoms with Gasteiger partial charge in [-0.3, -0.25) is 9.36 Å². The minimum atomic E-state index is -4.58. The highest BCUT2D eigenvalue weighted by Gasteiger charge is 2.23. The number of carbonyl (C=O) groups excluding carboxylic acids is 1. The molecule has 9 heteroatoms. The highest BCUT2D eigenvalue weighted by Crippen LogP contribution is 2.38. The minimum absolute atomic E-state index is 0.0106. The molecule has 0 aliphatic heterocycles. The molecule has 1 amide bonds. The summed E-state index contributed by atoms with van der Waals surface area (Å²) in [5, 5.41) is 13.6. The van der Waals surface area contributed by atoms with Gasteiger partial charge in [-0.15, -0.1) is 0 Å². The highest BCUT2D eigenvalue weighted by atomic mass is 31.2. The molecular formula is C57H95N2O6P. The standard InChI is InChI=1S/C57H95N2O6P/c1-6-8-10-12-13-14-15-16-17-18-19-20-21-22-23-24-25-26-27-28-29-30-31-32-33-34-35-36-37-38-39-40-41-42-43-44-45-47-49-51-57(61)58-55(56(60)50-48-46-11-9-7-2)54-65-66(62,63)64-53-52-59(3,4)5/h8,10,13-14,16-17,19-20,22-23,25-26,28-29,31-32,34-35,37-38,48,50,55-56,60H,6-7,9,11-12,15,18,21,24,27,30,33,36,39-47,49,51-54H2,1-5H3,(H-,58,61,62,63)/b10-8-,14-13-,17-16-,20-19-,23-22-,26-25-,29-28-,32-31-,35-34-,38-37-,50-48+. The van der Waals surface area contributed by atoms with Crippen molar-refractivity contribution in [1.29, 1.82) is 0 Å². The van der Waals surface area contributed by atoms with Crippen molar-refractivity contribution in [3.8, 4) is 0 Å². The molecule has 0 aromatic carbocycles. The maximum absolute atomic E-state index is 12.8. The summed E-state index contributed by atoms with van der Waals surface area (Å²) < 4.78 is 23.0. The van der Waals surface area contributed by atoms with Crippen molar-refractivity contribution in [1.82, 2.24) is 5.32 Å². The number of nitrogens with one attached hydrogen (secondary N) is 1. The normalized spacial score (nSPS) is 15.2. The fourth-order valence-corrected chi connectivity index (χ4v) is 7.08. The molecule has 0 heterocycles. The second-order valence-electron chi connectivity index (χ2n) is 17.8. The van der Waals surface area contributed by atoms with Crippen LogP contribution >= 0.6 is 7.82 Å². The van der Waals surface area contributed by atoms with Gasteiger partial charge in [-0.25, -0.2) is 0 Å². The zero-order chi connectivity index (χ0) is 48.5. The fourth-order valence-electron chi connectivity index (χ4n) is 6.35. The maximum Gasteiger partial charge on any atom is 0.268 e. The molecule has 0 aromatic heterocycles. The topological polar surface area (TPSA) is 108 Å². The van der Waals surface area contributed by atoms with Crippen LogP contribution in [0.4, 0.5) is 0 Å². The fraction of sp³-hybridized carbons (Fsp3) is 0.596. The second kappa shape index (κ2) is 46.7. The van der Waals surface area contributed by atoms with Crippen molar-refractivity contribution in [3.05, 3.63) is 134 Å². The number of quaternary nitrogens is 1. The molecule has 0 spiro atoms. The second-order valence-corrected chi connectivity index (χ2v) is 19.2. The van der Waals surface area contributed by atoms with Crippen molar-refractivity contribution >= 4 is 13.7 Å². The average Bonchev–Trinajstić information content (AvgIpc) is 3.27. The molecule has 66 heavy (non-hydrogen) atoms. The van der Waals surface area contributed by atoms with Gasteiger partial charge in [0.25, 0.3) is 7.82 Å². The molecule has 0 bridgehead atoms. The van der Waals surface area contributed by atoms with Crippen LogP contribution in [0.5, 0.6) is 0 Å². The lowest BCUT2D eigenvalue weighted by atomic mass is 10.1. The average molecular weight is 935 g/mol. The van der Waals surface area contributed by atoms with Gasteiger partial charge >= 0.3 is 0 Å². The number of hydrogen-bond acceptors (Lipinski definition) is 6. The van der Waals surface area contributed by atoms with Crippen LogP contribution in [0.15, 0.2) is 134 Å². The van der Waals surface area contributed by atoms with Crippen LogP contribution in [0.1, 0.15) is 168 Å². The molecule has 0 aliphatic rings. The van der Waals surface area contributed by atoms with E-state index in [1.54, 1.807) is 6.08 Å². The monoisotopic (exact) mass is 935 g/mol. The Morgan fingerprint density at radius 2 is 0.924 bits per heavy atom. The van der Waals surface area contributed by atoms with Crippen LogP contribution in [0, 0.1) is 0 Å². The molecule has 0 rings (SSSR count). The summed E-state index contributed by atoms with van der Waals surface area (Å²) in [6.07, 6.45) is 71.5. The van der Waals surface area contributed by atoms with Gasteiger partial charge in [0, 0.05) is 6.42 Å². The molecule has 0 aromatic rings. The van der Waals surface area contributed by atoms with Gasteiger partial charge in [0.15, 0.2) is 0 Å². The van der Waals surface area contributed by atoms with Crippen molar-refractivity contribution in [2.75, 3.05) is 40.9 Å².